The van der Waals surface area contributed by atoms with E-state index in [9.17, 15) is 14.0 Å². The van der Waals surface area contributed by atoms with Crippen LogP contribution in [-0.2, 0) is 16.1 Å². The van der Waals surface area contributed by atoms with E-state index in [0.717, 1.165) is 45.5 Å². The van der Waals surface area contributed by atoms with Gasteiger partial charge in [0.1, 0.15) is 23.5 Å². The number of amides is 1. The van der Waals surface area contributed by atoms with Crippen LogP contribution in [0.1, 0.15) is 73.5 Å². The molecule has 9 nitrogen and oxygen atoms in total. The molecular weight excluding hydrogens is 583 g/mol. The minimum absolute atomic E-state index is 0.140. The normalized spacial score (nSPS) is 14.0. The summed E-state index contributed by atoms with van der Waals surface area (Å²) in [6.07, 6.45) is 2.67. The van der Waals surface area contributed by atoms with Gasteiger partial charge in [-0.2, -0.15) is 14.2 Å². The number of thiophene rings is 1. The summed E-state index contributed by atoms with van der Waals surface area (Å²) in [7, 11) is 0. The number of benzene rings is 1. The zero-order chi connectivity index (χ0) is 31.4. The van der Waals surface area contributed by atoms with Crippen molar-refractivity contribution in [3.05, 3.63) is 82.2 Å². The molecule has 1 aliphatic heterocycles. The zero-order valence-electron chi connectivity index (χ0n) is 25.6. The number of hydrogen-bond acceptors (Lipinski definition) is 8. The summed E-state index contributed by atoms with van der Waals surface area (Å²) in [6, 6.07) is 13.5. The van der Waals surface area contributed by atoms with Crippen LogP contribution in [0.15, 0.2) is 54.0 Å². The maximum Gasteiger partial charge on any atom is 0.410 e. The van der Waals surface area contributed by atoms with Crippen LogP contribution in [-0.4, -0.2) is 57.0 Å². The predicted molar refractivity (Wildman–Crippen MR) is 166 cm³/mol. The van der Waals surface area contributed by atoms with E-state index in [0.29, 0.717) is 31.3 Å². The summed E-state index contributed by atoms with van der Waals surface area (Å²) >= 11 is 1.52. The number of piperidine rings is 1. The number of hydrogen-bond donors (Lipinski definition) is 0. The number of pyridine rings is 1. The molecule has 4 aromatic rings. The monoisotopic (exact) mass is 620 g/mol. The number of ether oxygens (including phenoxy) is 3. The molecule has 1 amide bonds. The summed E-state index contributed by atoms with van der Waals surface area (Å²) in [4.78, 5) is 31.8. The van der Waals surface area contributed by atoms with Gasteiger partial charge in [-0.3, -0.25) is 0 Å². The molecule has 0 N–H and O–H groups in total. The van der Waals surface area contributed by atoms with Crippen LogP contribution in [0.5, 0.6) is 5.75 Å². The van der Waals surface area contributed by atoms with Crippen molar-refractivity contribution in [3.63, 3.8) is 0 Å². The van der Waals surface area contributed by atoms with E-state index < -0.39 is 17.5 Å². The van der Waals surface area contributed by atoms with E-state index in [1.807, 2.05) is 51.3 Å². The Kier molecular flexibility index (Phi) is 9.33. The van der Waals surface area contributed by atoms with Crippen molar-refractivity contribution < 1.29 is 28.2 Å². The molecule has 44 heavy (non-hydrogen) atoms. The Morgan fingerprint density at radius 1 is 1.11 bits per heavy atom. The Morgan fingerprint density at radius 3 is 2.59 bits per heavy atom. The molecule has 1 saturated heterocycles. The Bertz CT molecular complexity index is 1640. The Hall–Kier alpha value is -4.25. The van der Waals surface area contributed by atoms with Gasteiger partial charge in [0.15, 0.2) is 5.82 Å². The van der Waals surface area contributed by atoms with E-state index in [1.165, 1.54) is 16.9 Å². The van der Waals surface area contributed by atoms with Crippen molar-refractivity contribution in [1.82, 2.24) is 19.7 Å². The average Bonchev–Trinajstić information content (AvgIpc) is 3.62. The molecule has 0 spiro atoms. The van der Waals surface area contributed by atoms with Gasteiger partial charge in [-0.25, -0.2) is 14.6 Å². The summed E-state index contributed by atoms with van der Waals surface area (Å²) in [5.74, 6) is -0.174. The Balaban J connectivity index is 1.23. The molecule has 1 aromatic carbocycles. The molecule has 11 heteroatoms. The smallest absolute Gasteiger partial charge is 0.410 e. The molecule has 0 bridgehead atoms. The molecule has 232 valence electrons. The number of carbonyl (C=O) groups is 2. The fourth-order valence-corrected chi connectivity index (χ4v) is 6.03. The molecule has 0 unspecified atom stereocenters. The van der Waals surface area contributed by atoms with Crippen LogP contribution in [0, 0.1) is 12.9 Å². The van der Waals surface area contributed by atoms with Crippen LogP contribution in [0.3, 0.4) is 0 Å². The van der Waals surface area contributed by atoms with Gasteiger partial charge in [-0.1, -0.05) is 18.2 Å². The average molecular weight is 621 g/mol. The van der Waals surface area contributed by atoms with E-state index in [4.69, 9.17) is 14.2 Å². The third-order valence-corrected chi connectivity index (χ3v) is 8.32. The molecule has 4 heterocycles. The van der Waals surface area contributed by atoms with Crippen molar-refractivity contribution in [1.29, 1.82) is 0 Å². The lowest BCUT2D eigenvalue weighted by Gasteiger charge is -2.33. The quantitative estimate of drug-likeness (QED) is 0.191. The Labute approximate surface area is 260 Å². The number of carbonyl (C=O) groups excluding carboxylic acids is 2. The fourth-order valence-electron chi connectivity index (χ4n) is 5.15. The number of likely N-dealkylation sites (tertiary alicyclic amines) is 1. The minimum Gasteiger partial charge on any atom is -0.489 e. The van der Waals surface area contributed by atoms with Crippen LogP contribution in [0.25, 0.3) is 16.4 Å². The lowest BCUT2D eigenvalue weighted by molar-refractivity contribution is 0.0204. The molecule has 3 aromatic heterocycles. The second kappa shape index (κ2) is 13.2. The lowest BCUT2D eigenvalue weighted by Crippen LogP contribution is -2.41. The number of nitrogens with zero attached hydrogens (tertiary/aromatic N) is 4. The van der Waals surface area contributed by atoms with Crippen LogP contribution in [0.4, 0.5) is 9.18 Å². The first-order valence-corrected chi connectivity index (χ1v) is 15.6. The van der Waals surface area contributed by atoms with Crippen LogP contribution >= 0.6 is 11.3 Å². The van der Waals surface area contributed by atoms with E-state index in [1.54, 1.807) is 24.0 Å². The lowest BCUT2D eigenvalue weighted by atomic mass is 9.88. The number of aryl methyl sites for hydroxylation is 1. The molecule has 0 aliphatic carbocycles. The summed E-state index contributed by atoms with van der Waals surface area (Å²) in [6.45, 7) is 11.2. The molecule has 0 radical (unpaired) electrons. The molecule has 1 fully saturated rings. The highest BCUT2D eigenvalue weighted by molar-refractivity contribution is 7.13. The van der Waals surface area contributed by atoms with Crippen LogP contribution < -0.4 is 4.74 Å². The third-order valence-electron chi connectivity index (χ3n) is 7.34. The number of halogens is 1. The summed E-state index contributed by atoms with van der Waals surface area (Å²) in [5, 5.41) is 5.99. The molecular formula is C33H37FN4O5S. The first-order valence-electron chi connectivity index (χ1n) is 14.7. The summed E-state index contributed by atoms with van der Waals surface area (Å²) in [5.41, 5.74) is 3.15. The largest absolute Gasteiger partial charge is 0.489 e. The Morgan fingerprint density at radius 2 is 1.89 bits per heavy atom. The van der Waals surface area contributed by atoms with Gasteiger partial charge in [0.05, 0.1) is 23.4 Å². The van der Waals surface area contributed by atoms with Gasteiger partial charge in [0, 0.05) is 18.7 Å². The molecule has 0 saturated carbocycles. The number of rotatable bonds is 8. The summed E-state index contributed by atoms with van der Waals surface area (Å²) < 4.78 is 32.6. The molecule has 0 atom stereocenters. The van der Waals surface area contributed by atoms with Gasteiger partial charge in [-0.05, 0) is 94.2 Å². The van der Waals surface area contributed by atoms with Gasteiger partial charge >= 0.3 is 12.1 Å². The van der Waals surface area contributed by atoms with Gasteiger partial charge in [-0.15, -0.1) is 11.3 Å². The second-order valence-corrected chi connectivity index (χ2v) is 12.6. The minimum atomic E-state index is -0.824. The number of esters is 1. The standard InChI is InChI=1S/C33H37FN4O5S/c1-6-41-31(39)25-19-35-38(30(25)34)28-9-7-8-26(36-28)29-24(14-17-44-29)20-42-27-11-10-23(18-21(27)2)22-12-15-37(16-13-22)32(40)43-33(3,4)5/h7-11,14,17-19,22H,6,12-13,15-16,20H2,1-5H3. The van der Waals surface area contributed by atoms with Gasteiger partial charge in [0.25, 0.3) is 0 Å². The van der Waals surface area contributed by atoms with Crippen LogP contribution in [0.2, 0.25) is 0 Å². The van der Waals surface area contributed by atoms with E-state index in [-0.39, 0.29) is 24.1 Å². The maximum atomic E-state index is 15.0. The highest BCUT2D eigenvalue weighted by Gasteiger charge is 2.28. The maximum absolute atomic E-state index is 15.0. The molecule has 1 aliphatic rings. The van der Waals surface area contributed by atoms with E-state index >= 15 is 0 Å². The zero-order valence-corrected chi connectivity index (χ0v) is 26.4. The van der Waals surface area contributed by atoms with Gasteiger partial charge < -0.3 is 19.1 Å². The topological polar surface area (TPSA) is 95.8 Å². The molecule has 5 rings (SSSR count). The second-order valence-electron chi connectivity index (χ2n) is 11.7. The number of aromatic nitrogens is 3. The van der Waals surface area contributed by atoms with Crippen molar-refractivity contribution in [2.45, 2.75) is 65.6 Å². The van der Waals surface area contributed by atoms with Crippen molar-refractivity contribution >= 4 is 23.4 Å². The SMILES string of the molecule is CCOC(=O)c1cnn(-c2cccc(-c3sccc3COc3ccc(C4CCN(C(=O)OC(C)(C)C)CC4)cc3C)n2)c1F. The van der Waals surface area contributed by atoms with Crippen molar-refractivity contribution in [2.24, 2.45) is 0 Å². The van der Waals surface area contributed by atoms with Gasteiger partial charge in [0.2, 0.25) is 5.95 Å². The van der Waals surface area contributed by atoms with E-state index in [2.05, 4.69) is 22.2 Å². The van der Waals surface area contributed by atoms with Crippen molar-refractivity contribution in [2.75, 3.05) is 19.7 Å². The fraction of sp³-hybridized carbons (Fsp3) is 0.394. The highest BCUT2D eigenvalue weighted by Crippen LogP contribution is 2.34. The first-order chi connectivity index (χ1) is 21.0. The first kappa shape index (κ1) is 31.2. The highest BCUT2D eigenvalue weighted by atomic mass is 32.1. The predicted octanol–water partition coefficient (Wildman–Crippen LogP) is 7.31. The third kappa shape index (κ3) is 7.10. The van der Waals surface area contributed by atoms with Crippen molar-refractivity contribution in [3.8, 4) is 22.1 Å².